The van der Waals surface area contributed by atoms with E-state index in [0.29, 0.717) is 0 Å². The third-order valence-corrected chi connectivity index (χ3v) is 32.8. The van der Waals surface area contributed by atoms with E-state index in [4.69, 9.17) is 0 Å². The summed E-state index contributed by atoms with van der Waals surface area (Å²) in [6.45, 7) is 13.9. The minimum Gasteiger partial charge on any atom is -0.0711 e. The molecule has 2 heteroatoms. The second kappa shape index (κ2) is 10.9. The SMILES string of the molecule is CCCCC1CCC([Si](C)(C)[Si](C)(C)C2CCC3C(c4ccccc4-c4ccccc4)CCCC32)C1. The Bertz CT molecular complexity index is 993. The van der Waals surface area contributed by atoms with Gasteiger partial charge >= 0.3 is 0 Å². The second-order valence-electron chi connectivity index (χ2n) is 14.0. The van der Waals surface area contributed by atoms with Crippen LogP contribution in [0.3, 0.4) is 0 Å². The molecule has 0 amide bonds. The van der Waals surface area contributed by atoms with Crippen LogP contribution in [-0.2, 0) is 0 Å². The molecule has 3 aliphatic rings. The van der Waals surface area contributed by atoms with E-state index in [1.807, 2.05) is 0 Å². The van der Waals surface area contributed by atoms with Crippen LogP contribution in [0.2, 0.25) is 37.3 Å². The fraction of sp³-hybridized carbons (Fsp3) is 0.647. The fourth-order valence-electron chi connectivity index (χ4n) is 9.27. The highest BCUT2D eigenvalue weighted by molar-refractivity contribution is 7.41. The van der Waals surface area contributed by atoms with E-state index in [1.54, 1.807) is 31.2 Å². The van der Waals surface area contributed by atoms with Gasteiger partial charge in [-0.3, -0.25) is 0 Å². The Morgan fingerprint density at radius 2 is 1.47 bits per heavy atom. The first-order valence-electron chi connectivity index (χ1n) is 15.5. The predicted molar refractivity (Wildman–Crippen MR) is 164 cm³/mol. The van der Waals surface area contributed by atoms with Gasteiger partial charge in [0.1, 0.15) is 0 Å². The molecule has 0 spiro atoms. The Balaban J connectivity index is 1.36. The van der Waals surface area contributed by atoms with E-state index in [0.717, 1.165) is 34.8 Å². The molecule has 0 aromatic heterocycles. The van der Waals surface area contributed by atoms with Gasteiger partial charge in [-0.25, -0.2) is 0 Å². The molecule has 6 unspecified atom stereocenters. The van der Waals surface area contributed by atoms with Gasteiger partial charge in [-0.1, -0.05) is 145 Å². The van der Waals surface area contributed by atoms with E-state index < -0.39 is 15.2 Å². The number of unbranched alkanes of at least 4 members (excludes halogenated alkanes) is 1. The molecule has 3 saturated carbocycles. The maximum atomic E-state index is 2.88. The summed E-state index contributed by atoms with van der Waals surface area (Å²) < 4.78 is 0. The highest BCUT2D eigenvalue weighted by atomic mass is 29.3. The van der Waals surface area contributed by atoms with Crippen LogP contribution >= 0.6 is 0 Å². The van der Waals surface area contributed by atoms with Gasteiger partial charge in [-0.15, -0.1) is 0 Å². The van der Waals surface area contributed by atoms with Gasteiger partial charge in [0.2, 0.25) is 0 Å². The van der Waals surface area contributed by atoms with Gasteiger partial charge in [-0.2, -0.15) is 0 Å². The van der Waals surface area contributed by atoms with Crippen LogP contribution in [0.5, 0.6) is 0 Å². The Morgan fingerprint density at radius 1 is 0.722 bits per heavy atom. The lowest BCUT2D eigenvalue weighted by molar-refractivity contribution is 0.237. The van der Waals surface area contributed by atoms with Crippen molar-refractivity contribution in [3.8, 4) is 11.1 Å². The Kier molecular flexibility index (Phi) is 8.04. The number of hydrogen-bond donors (Lipinski definition) is 0. The zero-order valence-corrected chi connectivity index (χ0v) is 25.9. The summed E-state index contributed by atoms with van der Waals surface area (Å²) in [7, 11) is -2.55. The molecule has 3 fully saturated rings. The van der Waals surface area contributed by atoms with Gasteiger partial charge in [-0.05, 0) is 64.3 Å². The molecular formula is C34H52Si2. The largest absolute Gasteiger partial charge is 0.0711 e. The van der Waals surface area contributed by atoms with Crippen molar-refractivity contribution < 1.29 is 0 Å². The smallest absolute Gasteiger partial charge is 0.0448 e. The first-order chi connectivity index (χ1) is 17.3. The molecule has 0 aliphatic heterocycles. The average Bonchev–Trinajstić information content (AvgIpc) is 3.56. The maximum absolute atomic E-state index is 2.88. The highest BCUT2D eigenvalue weighted by Crippen LogP contribution is 2.61. The topological polar surface area (TPSA) is 0 Å². The molecule has 196 valence electrons. The Morgan fingerprint density at radius 3 is 2.25 bits per heavy atom. The molecule has 0 heterocycles. The minimum atomic E-state index is -1.30. The molecule has 36 heavy (non-hydrogen) atoms. The van der Waals surface area contributed by atoms with E-state index in [9.17, 15) is 0 Å². The van der Waals surface area contributed by atoms with Crippen LogP contribution in [0.1, 0.15) is 89.0 Å². The van der Waals surface area contributed by atoms with Crippen LogP contribution in [0, 0.1) is 17.8 Å². The summed E-state index contributed by atoms with van der Waals surface area (Å²) in [5.74, 6) is 3.74. The monoisotopic (exact) mass is 516 g/mol. The average molecular weight is 517 g/mol. The molecule has 0 nitrogen and oxygen atoms in total. The van der Waals surface area contributed by atoms with Crippen LogP contribution in [0.4, 0.5) is 0 Å². The van der Waals surface area contributed by atoms with Crippen molar-refractivity contribution in [3.05, 3.63) is 60.2 Å². The van der Waals surface area contributed by atoms with Crippen LogP contribution in [-0.4, -0.2) is 15.2 Å². The van der Waals surface area contributed by atoms with Crippen molar-refractivity contribution in [1.29, 1.82) is 0 Å². The first-order valence-corrected chi connectivity index (χ1v) is 22.6. The molecule has 0 N–H and O–H groups in total. The number of rotatable bonds is 8. The van der Waals surface area contributed by atoms with Crippen molar-refractivity contribution in [1.82, 2.24) is 0 Å². The summed E-state index contributed by atoms with van der Waals surface area (Å²) in [5.41, 5.74) is 6.75. The van der Waals surface area contributed by atoms with Crippen molar-refractivity contribution in [2.75, 3.05) is 0 Å². The van der Waals surface area contributed by atoms with Crippen LogP contribution in [0.25, 0.3) is 11.1 Å². The first kappa shape index (κ1) is 26.5. The van der Waals surface area contributed by atoms with Gasteiger partial charge in [0.05, 0.1) is 0 Å². The summed E-state index contributed by atoms with van der Waals surface area (Å²) in [4.78, 5) is 0. The van der Waals surface area contributed by atoms with Gasteiger partial charge < -0.3 is 0 Å². The fourth-order valence-corrected chi connectivity index (χ4v) is 23.4. The maximum Gasteiger partial charge on any atom is 0.0448 e. The summed E-state index contributed by atoms with van der Waals surface area (Å²) in [5, 5.41) is 0. The van der Waals surface area contributed by atoms with Gasteiger partial charge in [0.25, 0.3) is 0 Å². The highest BCUT2D eigenvalue weighted by Gasteiger charge is 2.57. The second-order valence-corrected chi connectivity index (χ2v) is 30.1. The normalized spacial score (nSPS) is 30.9. The van der Waals surface area contributed by atoms with Gasteiger partial charge in [0.15, 0.2) is 0 Å². The zero-order valence-electron chi connectivity index (χ0n) is 23.9. The number of hydrogen-bond acceptors (Lipinski definition) is 0. The van der Waals surface area contributed by atoms with Gasteiger partial charge in [0, 0.05) is 15.2 Å². The summed E-state index contributed by atoms with van der Waals surface area (Å²) >= 11 is 0. The Hall–Kier alpha value is -1.13. The lowest BCUT2D eigenvalue weighted by atomic mass is 9.69. The van der Waals surface area contributed by atoms with E-state index in [1.165, 1.54) is 56.1 Å². The van der Waals surface area contributed by atoms with Crippen molar-refractivity contribution in [3.63, 3.8) is 0 Å². The zero-order chi connectivity index (χ0) is 25.3. The number of fused-ring (bicyclic) bond motifs is 1. The lowest BCUT2D eigenvalue weighted by Gasteiger charge is -2.50. The minimum absolute atomic E-state index is 0.768. The van der Waals surface area contributed by atoms with Crippen molar-refractivity contribution in [2.24, 2.45) is 17.8 Å². The van der Waals surface area contributed by atoms with Crippen LogP contribution in [0.15, 0.2) is 54.6 Å². The molecule has 2 aromatic rings. The van der Waals surface area contributed by atoms with Crippen molar-refractivity contribution >= 4 is 15.2 Å². The molecule has 2 aromatic carbocycles. The molecule has 0 radical (unpaired) electrons. The number of benzene rings is 2. The molecule has 0 bridgehead atoms. The standard InChI is InChI=1S/C34H52Si2/c1-6-7-14-26-21-22-28(25-26)35(2,3)36(4,5)34-24-23-32-31(19-13-20-33(32)34)30-18-12-11-17-29(30)27-15-9-8-10-16-27/h8-12,15-18,26,28,31-34H,6-7,13-14,19-25H2,1-5H3. The predicted octanol–water partition coefficient (Wildman–Crippen LogP) is 10.9. The summed E-state index contributed by atoms with van der Waals surface area (Å²) in [6.07, 6.45) is 16.4. The van der Waals surface area contributed by atoms with E-state index >= 15 is 0 Å². The summed E-state index contributed by atoms with van der Waals surface area (Å²) in [6, 6.07) is 20.6. The van der Waals surface area contributed by atoms with Crippen molar-refractivity contribution in [2.45, 2.75) is 121 Å². The molecule has 0 saturated heterocycles. The van der Waals surface area contributed by atoms with E-state index in [-0.39, 0.29) is 0 Å². The van der Waals surface area contributed by atoms with E-state index in [2.05, 4.69) is 87.7 Å². The molecule has 5 rings (SSSR count). The van der Waals surface area contributed by atoms with Crippen LogP contribution < -0.4 is 0 Å². The molecule has 3 aliphatic carbocycles. The molecular weight excluding hydrogens is 465 g/mol. The molecule has 6 atom stereocenters. The third-order valence-electron chi connectivity index (χ3n) is 12.0. The lowest BCUT2D eigenvalue weighted by Crippen LogP contribution is -2.61. The quantitative estimate of drug-likeness (QED) is 0.306. The third kappa shape index (κ3) is 4.86. The Labute approximate surface area is 224 Å².